The fourth-order valence-corrected chi connectivity index (χ4v) is 2.42. The molecule has 0 amide bonds. The van der Waals surface area contributed by atoms with Crippen molar-refractivity contribution in [3.8, 4) is 5.88 Å². The summed E-state index contributed by atoms with van der Waals surface area (Å²) in [6.07, 6.45) is 3.21. The Morgan fingerprint density at radius 3 is 2.67 bits per heavy atom. The summed E-state index contributed by atoms with van der Waals surface area (Å²) in [4.78, 5) is 8.44. The van der Waals surface area contributed by atoms with E-state index in [0.29, 0.717) is 11.6 Å². The lowest BCUT2D eigenvalue weighted by Crippen LogP contribution is -2.30. The number of aromatic nitrogens is 2. The Bertz CT molecular complexity index is 535. The molecule has 0 radical (unpaired) electrons. The van der Waals surface area contributed by atoms with Crippen LogP contribution in [0.25, 0.3) is 0 Å². The van der Waals surface area contributed by atoms with Gasteiger partial charge in [-0.3, -0.25) is 10.8 Å². The second-order valence-electron chi connectivity index (χ2n) is 3.57. The summed E-state index contributed by atoms with van der Waals surface area (Å²) in [7, 11) is 1.57. The van der Waals surface area contributed by atoms with Crippen molar-refractivity contribution in [1.29, 1.82) is 0 Å². The summed E-state index contributed by atoms with van der Waals surface area (Å²) in [5, 5.41) is 0. The molecule has 1 atom stereocenters. The predicted octanol–water partition coefficient (Wildman–Crippen LogP) is 1.64. The van der Waals surface area contributed by atoms with Gasteiger partial charge in [0.2, 0.25) is 5.88 Å². The molecule has 1 aromatic carbocycles. The number of hydrogen-bond donors (Lipinski definition) is 2. The number of rotatable bonds is 4. The number of halogens is 1. The molecule has 0 fully saturated rings. The highest BCUT2D eigenvalue weighted by molar-refractivity contribution is 14.1. The summed E-state index contributed by atoms with van der Waals surface area (Å²) in [6, 6.07) is 7.71. The minimum atomic E-state index is -0.248. The van der Waals surface area contributed by atoms with Crippen LogP contribution in [0.2, 0.25) is 0 Å². The zero-order valence-electron chi connectivity index (χ0n) is 9.80. The molecule has 0 aliphatic carbocycles. The van der Waals surface area contributed by atoms with Crippen molar-refractivity contribution in [3.05, 3.63) is 51.5 Å². The molecule has 3 N–H and O–H groups in total. The van der Waals surface area contributed by atoms with Crippen LogP contribution in [0.1, 0.15) is 17.3 Å². The number of nitrogens with one attached hydrogen (secondary N) is 1. The van der Waals surface area contributed by atoms with Gasteiger partial charge in [0.15, 0.2) is 0 Å². The fraction of sp³-hybridized carbons (Fsp3) is 0.167. The molecule has 0 saturated carbocycles. The average molecular weight is 356 g/mol. The highest BCUT2D eigenvalue weighted by atomic mass is 127. The van der Waals surface area contributed by atoms with Gasteiger partial charge in [-0.2, -0.15) is 0 Å². The number of ether oxygens (including phenoxy) is 1. The minimum Gasteiger partial charge on any atom is -0.480 e. The van der Waals surface area contributed by atoms with E-state index in [-0.39, 0.29) is 6.04 Å². The van der Waals surface area contributed by atoms with E-state index in [1.807, 2.05) is 24.3 Å². The van der Waals surface area contributed by atoms with E-state index in [1.165, 1.54) is 0 Å². The van der Waals surface area contributed by atoms with Gasteiger partial charge in [0.1, 0.15) is 5.69 Å². The van der Waals surface area contributed by atoms with Gasteiger partial charge in [0.05, 0.1) is 13.2 Å². The lowest BCUT2D eigenvalue weighted by molar-refractivity contribution is 0.383. The van der Waals surface area contributed by atoms with Gasteiger partial charge >= 0.3 is 0 Å². The van der Waals surface area contributed by atoms with Crippen LogP contribution in [-0.2, 0) is 0 Å². The van der Waals surface area contributed by atoms with Crippen LogP contribution >= 0.6 is 22.6 Å². The van der Waals surface area contributed by atoms with Crippen LogP contribution in [0.3, 0.4) is 0 Å². The first-order valence-corrected chi connectivity index (χ1v) is 6.41. The third-order valence-electron chi connectivity index (χ3n) is 2.54. The molecule has 5 nitrogen and oxygen atoms in total. The predicted molar refractivity (Wildman–Crippen MR) is 76.9 cm³/mol. The van der Waals surface area contributed by atoms with Crippen molar-refractivity contribution in [2.75, 3.05) is 7.11 Å². The molecule has 0 spiro atoms. The van der Waals surface area contributed by atoms with E-state index in [0.717, 1.165) is 9.13 Å². The maximum atomic E-state index is 5.65. The zero-order valence-corrected chi connectivity index (χ0v) is 12.0. The maximum Gasteiger partial charge on any atom is 0.237 e. The number of benzene rings is 1. The van der Waals surface area contributed by atoms with E-state index in [1.54, 1.807) is 19.5 Å². The van der Waals surface area contributed by atoms with Crippen molar-refractivity contribution < 1.29 is 4.74 Å². The van der Waals surface area contributed by atoms with Crippen LogP contribution in [0.15, 0.2) is 36.7 Å². The average Bonchev–Trinajstić information content (AvgIpc) is 2.42. The van der Waals surface area contributed by atoms with Crippen molar-refractivity contribution in [2.24, 2.45) is 5.84 Å². The first-order chi connectivity index (χ1) is 8.77. The SMILES string of the molecule is COc1nccnc1C(NN)c1ccccc1I. The quantitative estimate of drug-likeness (QED) is 0.495. The molecule has 0 aliphatic rings. The Morgan fingerprint density at radius 2 is 2.00 bits per heavy atom. The molecule has 6 heteroatoms. The Labute approximate surface area is 119 Å². The van der Waals surface area contributed by atoms with Gasteiger partial charge in [-0.05, 0) is 34.2 Å². The lowest BCUT2D eigenvalue weighted by Gasteiger charge is -2.18. The number of hydrazine groups is 1. The van der Waals surface area contributed by atoms with E-state index >= 15 is 0 Å². The third kappa shape index (κ3) is 2.60. The van der Waals surface area contributed by atoms with Gasteiger partial charge < -0.3 is 4.74 Å². The van der Waals surface area contributed by atoms with Crippen LogP contribution in [-0.4, -0.2) is 17.1 Å². The Hall–Kier alpha value is -1.25. The number of nitrogens with zero attached hydrogens (tertiary/aromatic N) is 2. The summed E-state index contributed by atoms with van der Waals surface area (Å²) in [6.45, 7) is 0. The molecule has 18 heavy (non-hydrogen) atoms. The Morgan fingerprint density at radius 1 is 1.28 bits per heavy atom. The standard InChI is InChI=1S/C12H13IN4O/c1-18-12-11(15-6-7-16-12)10(17-14)8-4-2-3-5-9(8)13/h2-7,10,17H,14H2,1H3. The highest BCUT2D eigenvalue weighted by Crippen LogP contribution is 2.28. The normalized spacial score (nSPS) is 12.2. The molecule has 2 aromatic rings. The van der Waals surface area contributed by atoms with Gasteiger partial charge in [-0.1, -0.05) is 18.2 Å². The van der Waals surface area contributed by atoms with Crippen molar-refractivity contribution >= 4 is 22.6 Å². The first kappa shape index (κ1) is 13.2. The van der Waals surface area contributed by atoms with E-state index in [9.17, 15) is 0 Å². The molecular weight excluding hydrogens is 343 g/mol. The Balaban J connectivity index is 2.49. The van der Waals surface area contributed by atoms with Crippen LogP contribution < -0.4 is 16.0 Å². The lowest BCUT2D eigenvalue weighted by atomic mass is 10.0. The molecule has 1 aromatic heterocycles. The first-order valence-electron chi connectivity index (χ1n) is 5.33. The molecule has 1 unspecified atom stereocenters. The molecule has 2 rings (SSSR count). The largest absolute Gasteiger partial charge is 0.480 e. The second kappa shape index (κ2) is 6.07. The summed E-state index contributed by atoms with van der Waals surface area (Å²) in [5.74, 6) is 6.12. The molecule has 94 valence electrons. The molecule has 0 aliphatic heterocycles. The zero-order chi connectivity index (χ0) is 13.0. The molecule has 1 heterocycles. The van der Waals surface area contributed by atoms with Crippen LogP contribution in [0, 0.1) is 3.57 Å². The van der Waals surface area contributed by atoms with Gasteiger partial charge in [0, 0.05) is 16.0 Å². The topological polar surface area (TPSA) is 73.1 Å². The third-order valence-corrected chi connectivity index (χ3v) is 3.52. The summed E-state index contributed by atoms with van der Waals surface area (Å²) < 4.78 is 6.32. The smallest absolute Gasteiger partial charge is 0.237 e. The number of hydrogen-bond acceptors (Lipinski definition) is 5. The van der Waals surface area contributed by atoms with Crippen LogP contribution in [0.4, 0.5) is 0 Å². The van der Waals surface area contributed by atoms with Gasteiger partial charge in [-0.25, -0.2) is 10.4 Å². The van der Waals surface area contributed by atoms with Crippen LogP contribution in [0.5, 0.6) is 5.88 Å². The molecule has 0 saturated heterocycles. The maximum absolute atomic E-state index is 5.65. The minimum absolute atomic E-state index is 0.248. The van der Waals surface area contributed by atoms with E-state index in [2.05, 4.69) is 38.0 Å². The van der Waals surface area contributed by atoms with E-state index < -0.39 is 0 Å². The number of nitrogens with two attached hydrogens (primary N) is 1. The molecular formula is C12H13IN4O. The highest BCUT2D eigenvalue weighted by Gasteiger charge is 2.20. The van der Waals surface area contributed by atoms with Gasteiger partial charge in [0.25, 0.3) is 0 Å². The second-order valence-corrected chi connectivity index (χ2v) is 4.73. The molecule has 0 bridgehead atoms. The van der Waals surface area contributed by atoms with Crippen molar-refractivity contribution in [1.82, 2.24) is 15.4 Å². The van der Waals surface area contributed by atoms with Crippen molar-refractivity contribution in [3.63, 3.8) is 0 Å². The Kier molecular flexibility index (Phi) is 4.45. The monoisotopic (exact) mass is 356 g/mol. The van der Waals surface area contributed by atoms with Crippen molar-refractivity contribution in [2.45, 2.75) is 6.04 Å². The fourth-order valence-electron chi connectivity index (χ4n) is 1.72. The number of methoxy groups -OCH3 is 1. The summed E-state index contributed by atoms with van der Waals surface area (Å²) in [5.41, 5.74) is 4.48. The van der Waals surface area contributed by atoms with Gasteiger partial charge in [-0.15, -0.1) is 0 Å². The van der Waals surface area contributed by atoms with E-state index in [4.69, 9.17) is 10.6 Å². The summed E-state index contributed by atoms with van der Waals surface area (Å²) >= 11 is 2.26.